The number of nitrogens with one attached hydrogen (secondary N) is 2. The Kier molecular flexibility index (Phi) is 8.94. The third-order valence-corrected chi connectivity index (χ3v) is 8.13. The molecule has 0 spiro atoms. The number of aliphatic carboxylic acids is 1. The molecule has 5 rings (SSSR count). The van der Waals surface area contributed by atoms with Crippen LogP contribution in [0.3, 0.4) is 0 Å². The van der Waals surface area contributed by atoms with Crippen molar-refractivity contribution in [1.29, 1.82) is 0 Å². The first-order valence-corrected chi connectivity index (χ1v) is 14.4. The number of hydrogen-bond donors (Lipinski definition) is 3. The van der Waals surface area contributed by atoms with Gasteiger partial charge in [-0.1, -0.05) is 78.9 Å². The summed E-state index contributed by atoms with van der Waals surface area (Å²) in [6, 6.07) is 24.3. The monoisotopic (exact) mass is 585 g/mol. The first kappa shape index (κ1) is 29.0. The van der Waals surface area contributed by atoms with E-state index in [1.165, 1.54) is 11.3 Å². The lowest BCUT2D eigenvalue weighted by atomic mass is 9.98. The Morgan fingerprint density at radius 2 is 1.57 bits per heavy atom. The van der Waals surface area contributed by atoms with Gasteiger partial charge in [0.15, 0.2) is 6.04 Å². The first-order chi connectivity index (χ1) is 20.3. The molecule has 1 aliphatic rings. The van der Waals surface area contributed by atoms with Crippen molar-refractivity contribution in [2.45, 2.75) is 45.1 Å². The van der Waals surface area contributed by atoms with E-state index in [-0.39, 0.29) is 31.4 Å². The number of aromatic nitrogens is 1. The van der Waals surface area contributed by atoms with Crippen molar-refractivity contribution in [2.75, 3.05) is 6.61 Å². The molecule has 0 bridgehead atoms. The van der Waals surface area contributed by atoms with Crippen molar-refractivity contribution < 1.29 is 29.0 Å². The number of ether oxygens (including phenoxy) is 2. The van der Waals surface area contributed by atoms with E-state index in [0.29, 0.717) is 9.88 Å². The maximum atomic E-state index is 13.0. The topological polar surface area (TPSA) is 127 Å². The number of carboxylic acid groups (broad SMARTS) is 1. The van der Waals surface area contributed by atoms with Gasteiger partial charge in [0.2, 0.25) is 0 Å². The Labute approximate surface area is 247 Å². The van der Waals surface area contributed by atoms with E-state index in [2.05, 4.69) is 39.9 Å². The zero-order valence-corrected chi connectivity index (χ0v) is 24.0. The maximum Gasteiger partial charge on any atom is 0.407 e. The Balaban J connectivity index is 1.14. The number of benzene rings is 3. The third kappa shape index (κ3) is 6.50. The summed E-state index contributed by atoms with van der Waals surface area (Å²) < 4.78 is 11.3. The van der Waals surface area contributed by atoms with Gasteiger partial charge in [-0.2, -0.15) is 0 Å². The lowest BCUT2D eigenvalue weighted by molar-refractivity contribution is -0.143. The molecule has 0 saturated carbocycles. The molecule has 1 aromatic heterocycles. The number of nitrogens with zero attached hydrogens (tertiary/aromatic N) is 1. The standard InChI is InChI=1S/C32H31N3O6S/c1-19(40-17-21-10-4-3-5-11-21)28(31(37)38)35-30(36)29-20(2)42-27(34-29)16-33-32(39)41-18-26-24-14-8-6-12-22(24)23-13-7-9-15-25(23)26/h3-15,19,26,28H,16-18H2,1-2H3,(H,33,39)(H,35,36)(H,37,38)/t19-,28+/m0/s1. The Hall–Kier alpha value is -4.54. The maximum absolute atomic E-state index is 13.0. The van der Waals surface area contributed by atoms with E-state index >= 15 is 0 Å². The minimum Gasteiger partial charge on any atom is -0.480 e. The molecule has 1 heterocycles. The fraction of sp³-hybridized carbons (Fsp3) is 0.250. The number of aryl methyl sites for hydroxylation is 1. The van der Waals surface area contributed by atoms with E-state index < -0.39 is 30.1 Å². The van der Waals surface area contributed by atoms with E-state index in [9.17, 15) is 19.5 Å². The van der Waals surface area contributed by atoms with Crippen LogP contribution in [-0.2, 0) is 27.4 Å². The highest BCUT2D eigenvalue weighted by molar-refractivity contribution is 7.11. The number of hydrogen-bond acceptors (Lipinski definition) is 7. The molecule has 0 radical (unpaired) electrons. The predicted octanol–water partition coefficient (Wildman–Crippen LogP) is 5.28. The van der Waals surface area contributed by atoms with Crippen molar-refractivity contribution in [3.8, 4) is 11.1 Å². The van der Waals surface area contributed by atoms with Gasteiger partial charge in [0.05, 0.1) is 19.3 Å². The quantitative estimate of drug-likeness (QED) is 0.219. The van der Waals surface area contributed by atoms with Crippen LogP contribution in [0.25, 0.3) is 11.1 Å². The summed E-state index contributed by atoms with van der Waals surface area (Å²) in [4.78, 5) is 42.4. The Morgan fingerprint density at radius 3 is 2.21 bits per heavy atom. The average Bonchev–Trinajstić information content (AvgIpc) is 3.54. The molecule has 4 aromatic rings. The number of amides is 2. The number of alkyl carbamates (subject to hydrolysis) is 1. The second kappa shape index (κ2) is 13.0. The summed E-state index contributed by atoms with van der Waals surface area (Å²) in [5.41, 5.74) is 5.53. The van der Waals surface area contributed by atoms with Crippen LogP contribution < -0.4 is 10.6 Å². The highest BCUT2D eigenvalue weighted by Crippen LogP contribution is 2.44. The van der Waals surface area contributed by atoms with Crippen LogP contribution >= 0.6 is 11.3 Å². The van der Waals surface area contributed by atoms with Gasteiger partial charge in [-0.25, -0.2) is 14.6 Å². The molecule has 0 saturated heterocycles. The van der Waals surface area contributed by atoms with Crippen molar-refractivity contribution in [3.63, 3.8) is 0 Å². The lowest BCUT2D eigenvalue weighted by Crippen LogP contribution is -2.48. The third-order valence-electron chi connectivity index (χ3n) is 7.16. The van der Waals surface area contributed by atoms with Gasteiger partial charge in [0.25, 0.3) is 5.91 Å². The van der Waals surface area contributed by atoms with Crippen molar-refractivity contribution in [2.24, 2.45) is 0 Å². The van der Waals surface area contributed by atoms with Crippen LogP contribution in [0.1, 0.15) is 49.9 Å². The number of carbonyl (C=O) groups is 3. The van der Waals surface area contributed by atoms with Crippen LogP contribution in [0.5, 0.6) is 0 Å². The van der Waals surface area contributed by atoms with Crippen LogP contribution in [0, 0.1) is 6.92 Å². The smallest absolute Gasteiger partial charge is 0.407 e. The predicted molar refractivity (Wildman–Crippen MR) is 158 cm³/mol. The molecule has 9 nitrogen and oxygen atoms in total. The molecule has 10 heteroatoms. The summed E-state index contributed by atoms with van der Waals surface area (Å²) in [6.45, 7) is 3.77. The van der Waals surface area contributed by atoms with E-state index in [1.807, 2.05) is 54.6 Å². The minimum absolute atomic E-state index is 0.0539. The molecule has 3 aromatic carbocycles. The van der Waals surface area contributed by atoms with E-state index in [1.54, 1.807) is 13.8 Å². The highest BCUT2D eigenvalue weighted by Gasteiger charge is 2.30. The SMILES string of the molecule is Cc1sc(CNC(=O)OCC2c3ccccc3-c3ccccc32)nc1C(=O)N[C@@H](C(=O)O)[C@H](C)OCc1ccccc1. The molecule has 42 heavy (non-hydrogen) atoms. The molecule has 2 atom stereocenters. The van der Waals surface area contributed by atoms with Gasteiger partial charge in [-0.3, -0.25) is 4.79 Å². The molecule has 216 valence electrons. The number of carboxylic acids is 1. The summed E-state index contributed by atoms with van der Waals surface area (Å²) in [6.07, 6.45) is -1.38. The molecule has 2 amide bonds. The van der Waals surface area contributed by atoms with Crippen molar-refractivity contribution >= 4 is 29.3 Å². The van der Waals surface area contributed by atoms with E-state index in [4.69, 9.17) is 9.47 Å². The number of rotatable bonds is 11. The molecular formula is C32H31N3O6S. The fourth-order valence-electron chi connectivity index (χ4n) is 5.02. The molecule has 1 aliphatic carbocycles. The first-order valence-electron chi connectivity index (χ1n) is 13.6. The van der Waals surface area contributed by atoms with Gasteiger partial charge >= 0.3 is 12.1 Å². The summed E-state index contributed by atoms with van der Waals surface area (Å²) in [5.74, 6) is -1.89. The highest BCUT2D eigenvalue weighted by atomic mass is 32.1. The fourth-order valence-corrected chi connectivity index (χ4v) is 5.89. The Morgan fingerprint density at radius 1 is 0.952 bits per heavy atom. The van der Waals surface area contributed by atoms with Crippen LogP contribution in [0.4, 0.5) is 4.79 Å². The average molecular weight is 586 g/mol. The summed E-state index contributed by atoms with van der Waals surface area (Å²) in [7, 11) is 0. The van der Waals surface area contributed by atoms with Crippen molar-refractivity contribution in [3.05, 3.63) is 111 Å². The molecule has 0 unspecified atom stereocenters. The molecule has 0 aliphatic heterocycles. The number of carbonyl (C=O) groups excluding carboxylic acids is 2. The Bertz CT molecular complexity index is 1540. The number of thiazole rings is 1. The van der Waals surface area contributed by atoms with Gasteiger partial charge < -0.3 is 25.2 Å². The summed E-state index contributed by atoms with van der Waals surface area (Å²) in [5, 5.41) is 15.4. The van der Waals surface area contributed by atoms with Crippen molar-refractivity contribution in [1.82, 2.24) is 15.6 Å². The van der Waals surface area contributed by atoms with Gasteiger partial charge in [0, 0.05) is 10.8 Å². The number of fused-ring (bicyclic) bond motifs is 3. The van der Waals surface area contributed by atoms with E-state index in [0.717, 1.165) is 27.8 Å². The molecular weight excluding hydrogens is 554 g/mol. The second-order valence-electron chi connectivity index (χ2n) is 9.98. The second-order valence-corrected chi connectivity index (χ2v) is 11.3. The van der Waals surface area contributed by atoms with Crippen LogP contribution in [-0.4, -0.2) is 46.8 Å². The van der Waals surface area contributed by atoms with Crippen LogP contribution in [0.15, 0.2) is 78.9 Å². The zero-order chi connectivity index (χ0) is 29.6. The minimum atomic E-state index is -1.27. The largest absolute Gasteiger partial charge is 0.480 e. The van der Waals surface area contributed by atoms with Gasteiger partial charge in [-0.15, -0.1) is 11.3 Å². The van der Waals surface area contributed by atoms with Gasteiger partial charge in [0.1, 0.15) is 17.3 Å². The lowest BCUT2D eigenvalue weighted by Gasteiger charge is -2.21. The normalized spacial score (nSPS) is 13.5. The van der Waals surface area contributed by atoms with Gasteiger partial charge in [-0.05, 0) is 41.7 Å². The van der Waals surface area contributed by atoms with Crippen LogP contribution in [0.2, 0.25) is 0 Å². The summed E-state index contributed by atoms with van der Waals surface area (Å²) >= 11 is 1.24. The molecule has 0 fully saturated rings. The zero-order valence-electron chi connectivity index (χ0n) is 23.2. The molecule has 3 N–H and O–H groups in total.